The number of hydrogen-bond acceptors (Lipinski definition) is 15. The van der Waals surface area contributed by atoms with Crippen molar-refractivity contribution in [3.63, 3.8) is 0 Å². The minimum atomic E-state index is -0.715. The van der Waals surface area contributed by atoms with Crippen molar-refractivity contribution in [2.24, 2.45) is 19.7 Å². The summed E-state index contributed by atoms with van der Waals surface area (Å²) in [6.45, 7) is 5.72. The van der Waals surface area contributed by atoms with Crippen LogP contribution in [0.5, 0.6) is 11.5 Å². The first kappa shape index (κ1) is 102. The van der Waals surface area contributed by atoms with Crippen molar-refractivity contribution in [2.75, 3.05) is 35.3 Å². The summed E-state index contributed by atoms with van der Waals surface area (Å²) in [6, 6.07) is 49.6. The maximum absolute atomic E-state index is 14.6. The molecule has 1 aliphatic rings. The van der Waals surface area contributed by atoms with Gasteiger partial charge in [0, 0.05) is 163 Å². The minimum Gasteiger partial charge on any atom is -0.536 e. The summed E-state index contributed by atoms with van der Waals surface area (Å²) in [4.78, 5) is 61.0. The summed E-state index contributed by atoms with van der Waals surface area (Å²) in [5.74, 6) is -2.80. The van der Waals surface area contributed by atoms with Crippen molar-refractivity contribution in [3.8, 4) is 44.9 Å². The predicted molar refractivity (Wildman–Crippen MR) is 522 cm³/mol. The van der Waals surface area contributed by atoms with Crippen LogP contribution in [0.4, 0.5) is 40.3 Å². The van der Waals surface area contributed by atoms with Crippen LogP contribution in [0, 0.1) is 23.3 Å². The molecule has 39 heteroatoms. The SMILES string of the molecule is C.C.C.CC(=O)Nc1ccccc1-c1c(Cl)cnc2[nH]ccc12.CC(=O)Nc1ccccc1O[B]O.CCCCN=NN=NBr.COc1c(F)cccc1F.Clc1cnc2[nH]ccc2c1.Clc1cnc2[nH]ccc2c1Br.Fc1cccc(F)c1C1Nc2ccccc2-c2c(Cl)cnc3[nH]cc1c23.Nc1ccccc1-c1c(Cl)cnc2[nH]ccc12.O[n+]1cc(Cl)cc2cc[nH]c21. The van der Waals surface area contributed by atoms with Crippen molar-refractivity contribution in [3.05, 3.63) is 319 Å². The number of amides is 2. The Morgan fingerprint density at radius 1 is 0.554 bits per heavy atom. The Hall–Kier alpha value is -13.0. The number of fused-ring (bicyclic) bond motifs is 7. The van der Waals surface area contributed by atoms with E-state index in [-0.39, 0.29) is 45.4 Å². The van der Waals surface area contributed by atoms with Gasteiger partial charge in [0.15, 0.2) is 23.6 Å². The number of rotatable bonds is 12. The standard InChI is InChI=1S/C20H12ClF2N3.C15H12ClN3O.C13H10ClN3.C8H9BNO3.C7H4BrClN2.C7H5ClN2O.C7H5ClN2.C7H6F2O.C4H9BrN4.3CH4/c21-12-9-25-20-17-11(8-24-20)19(18-13(22)5-3-6-14(18)23)26-15-7-2-1-4-10(15)16(12)17;1-9(20)19-13-5-3-2-4-10(13)14-11-6-7-17-15(11)18-8-12(14)16;14-10-7-17-13-9(5-6-16-13)12(10)8-3-1-2-4-11(8)15;1-6(11)10-7-4-2-3-5-8(7)13-9-12;8-6-4-1-2-10-7(4)11-3-5(6)9;8-6-3-5-1-2-9-7(5)10(11)4-6;8-6-3-5-1-2-9-7(5)10-4-6;1-10-7-5(8)3-2-4-6(7)9;1-2-3-4-6-8-9-7-5;;;/h1-9,19,26H,(H,24,25);2-8H,1H3,(H,17,18)(H,19,20);1-7H,15H2,(H,16,17);2-5,12H,1H3,(H,10,11);1-3H,(H,10,11);1-4,11H;1-4H,(H,9,10);2-4H,1H3;2-4H2,1H3;3*1H4/p+1. The van der Waals surface area contributed by atoms with E-state index in [0.717, 1.165) is 140 Å². The average Bonchev–Trinajstić information content (AvgIpc) is 1.58. The summed E-state index contributed by atoms with van der Waals surface area (Å²) in [6.07, 6.45) is 22.5. The van der Waals surface area contributed by atoms with Crippen molar-refractivity contribution in [2.45, 2.75) is 61.9 Å². The first-order chi connectivity index (χ1) is 61.4. The quantitative estimate of drug-likeness (QED) is 0.00792. The van der Waals surface area contributed by atoms with E-state index >= 15 is 0 Å². The van der Waals surface area contributed by atoms with E-state index in [1.165, 1.54) is 51.4 Å². The summed E-state index contributed by atoms with van der Waals surface area (Å²) < 4.78 is 68.3. The fourth-order valence-electron chi connectivity index (χ4n) is 12.7. The van der Waals surface area contributed by atoms with E-state index in [9.17, 15) is 32.4 Å². The first-order valence-corrected chi connectivity index (χ1v) is 41.7. The molecule has 130 heavy (non-hydrogen) atoms. The second-order valence-electron chi connectivity index (χ2n) is 26.6. The number of halogens is 12. The maximum atomic E-state index is 14.6. The number of para-hydroxylation sites is 6. The predicted octanol–water partition coefficient (Wildman–Crippen LogP) is 26.9. The number of methoxy groups -OCH3 is 1. The molecule has 13 N–H and O–H groups in total. The molecule has 1 aliphatic heterocycles. The van der Waals surface area contributed by atoms with Gasteiger partial charge in [0.05, 0.1) is 72.7 Å². The number of nitrogens with one attached hydrogen (secondary N) is 9. The number of nitrogens with two attached hydrogens (primary N) is 1. The van der Waals surface area contributed by atoms with Crippen molar-refractivity contribution >= 4 is 210 Å². The molecule has 13 heterocycles. The number of pyridine rings is 6. The van der Waals surface area contributed by atoms with Crippen LogP contribution in [0.1, 0.15) is 73.1 Å². The lowest BCUT2D eigenvalue weighted by Gasteiger charge is -2.20. The fraction of sp³-hybridized carbons (Fsp3) is 0.121. The molecule has 0 spiro atoms. The molecule has 1 unspecified atom stereocenters. The molecule has 0 fully saturated rings. The number of nitrogen functional groups attached to an aromatic ring is 1. The van der Waals surface area contributed by atoms with Crippen LogP contribution in [-0.2, 0) is 9.59 Å². The number of aromatic nitrogens is 12. The van der Waals surface area contributed by atoms with Crippen LogP contribution in [0.15, 0.2) is 274 Å². The number of unbranched alkanes of at least 4 members (excludes halogenated alkanes) is 1. The molecule has 2 amide bonds. The summed E-state index contributed by atoms with van der Waals surface area (Å²) in [7, 11) is 1.79. The molecule has 671 valence electrons. The summed E-state index contributed by atoms with van der Waals surface area (Å²) in [5.41, 5.74) is 19.2. The van der Waals surface area contributed by atoms with Crippen molar-refractivity contribution < 1.29 is 51.5 Å². The number of benzene rings is 6. The second kappa shape index (κ2) is 50.1. The number of hydrogen-bond donors (Lipinski definition) is 12. The maximum Gasteiger partial charge on any atom is 0.569 e. The van der Waals surface area contributed by atoms with Gasteiger partial charge >= 0.3 is 13.3 Å². The van der Waals surface area contributed by atoms with E-state index in [2.05, 4.69) is 134 Å². The van der Waals surface area contributed by atoms with Gasteiger partial charge in [0.1, 0.15) is 61.8 Å². The van der Waals surface area contributed by atoms with Gasteiger partial charge in [0.2, 0.25) is 11.8 Å². The lowest BCUT2D eigenvalue weighted by molar-refractivity contribution is -0.885. The third-order valence-electron chi connectivity index (χ3n) is 18.2. The van der Waals surface area contributed by atoms with Crippen LogP contribution in [0.2, 0.25) is 30.1 Å². The molecule has 12 aromatic heterocycles. The highest BCUT2D eigenvalue weighted by atomic mass is 79.9. The number of aromatic amines is 6. The van der Waals surface area contributed by atoms with Crippen molar-refractivity contribution in [1.82, 2.24) is 54.8 Å². The van der Waals surface area contributed by atoms with Gasteiger partial charge in [-0.3, -0.25) is 9.59 Å². The van der Waals surface area contributed by atoms with Crippen LogP contribution >= 0.6 is 102 Å². The Morgan fingerprint density at radius 2 is 1.05 bits per heavy atom. The zero-order valence-corrected chi connectivity index (χ0v) is 74.8. The number of carbonyl (C=O) groups is 2. The molecule has 1 radical (unpaired) electrons. The monoisotopic (exact) mass is 2010 g/mol. The van der Waals surface area contributed by atoms with Crippen LogP contribution in [0.25, 0.3) is 99.6 Å². The molecule has 26 nitrogen and oxygen atoms in total. The Morgan fingerprint density at radius 3 is 1.65 bits per heavy atom. The Balaban J connectivity index is 0.000000184. The zero-order chi connectivity index (χ0) is 90.6. The molecular weight excluding hydrogens is 1930 g/mol. The average molecular weight is 2010 g/mol. The van der Waals surface area contributed by atoms with Gasteiger partial charge < -0.3 is 66.2 Å². The van der Waals surface area contributed by atoms with E-state index in [4.69, 9.17) is 85.0 Å². The molecule has 18 aromatic rings. The summed E-state index contributed by atoms with van der Waals surface area (Å²) in [5, 5.41) is 45.7. The van der Waals surface area contributed by atoms with E-state index in [1.54, 1.807) is 73.7 Å². The van der Waals surface area contributed by atoms with E-state index in [0.29, 0.717) is 71.8 Å². The summed E-state index contributed by atoms with van der Waals surface area (Å²) >= 11 is 42.3. The van der Waals surface area contributed by atoms with Crippen LogP contribution in [0.3, 0.4) is 0 Å². The number of ether oxygens (including phenoxy) is 1. The van der Waals surface area contributed by atoms with Gasteiger partial charge in [-0.25, -0.2) is 47.5 Å². The topological polar surface area (TPSA) is 368 Å². The third-order valence-corrected chi connectivity index (χ3v) is 21.0. The lowest BCUT2D eigenvalue weighted by atomic mass is 9.96. The normalized spacial score (nSPS) is 11.2. The highest BCUT2D eigenvalue weighted by Crippen LogP contribution is 2.48. The fourth-order valence-corrected chi connectivity index (χ4v) is 14.5. The van der Waals surface area contributed by atoms with Gasteiger partial charge in [-0.05, 0) is 135 Å². The van der Waals surface area contributed by atoms with Gasteiger partial charge in [-0.1, -0.05) is 188 Å². The van der Waals surface area contributed by atoms with Gasteiger partial charge in [-0.15, -0.1) is 0 Å². The number of carbonyl (C=O) groups excluding carboxylic acids is 2. The lowest BCUT2D eigenvalue weighted by Crippen LogP contribution is -2.30. The number of anilines is 4. The number of H-pyrrole nitrogens is 6. The molecular formula is C91H85BBr2Cl6F4N20O6+. The molecule has 0 bridgehead atoms. The molecule has 0 aliphatic carbocycles. The number of nitrogens with zero attached hydrogens (tertiary/aromatic N) is 10. The van der Waals surface area contributed by atoms with E-state index < -0.39 is 29.3 Å². The first-order valence-electron chi connectivity index (χ1n) is 37.9. The molecule has 19 rings (SSSR count). The Bertz CT molecular complexity index is 6850. The van der Waals surface area contributed by atoms with Gasteiger partial charge in [0.25, 0.3) is 0 Å². The van der Waals surface area contributed by atoms with E-state index in [1.807, 2.05) is 134 Å². The Labute approximate surface area is 791 Å². The van der Waals surface area contributed by atoms with Crippen molar-refractivity contribution in [1.29, 1.82) is 0 Å². The third kappa shape index (κ3) is 26.4. The van der Waals surface area contributed by atoms with Crippen LogP contribution < -0.4 is 35.8 Å². The molecule has 0 saturated heterocycles. The smallest absolute Gasteiger partial charge is 0.536 e. The Kier molecular flexibility index (Phi) is 39.5. The van der Waals surface area contributed by atoms with Gasteiger partial charge in [-0.2, -0.15) is 5.11 Å². The molecule has 1 atom stereocenters. The highest BCUT2D eigenvalue weighted by molar-refractivity contribution is 9.10. The van der Waals surface area contributed by atoms with Crippen LogP contribution in [-0.4, -0.2) is 98.2 Å². The zero-order valence-electron chi connectivity index (χ0n) is 67.1. The second-order valence-corrected chi connectivity index (χ2v) is 30.2. The largest absolute Gasteiger partial charge is 0.569 e. The highest BCUT2D eigenvalue weighted by Gasteiger charge is 2.31. The molecule has 0 saturated carbocycles. The minimum absolute atomic E-state index is 0. The molecule has 6 aromatic carbocycles.